The molecule has 19 heavy (non-hydrogen) atoms. The van der Waals surface area contributed by atoms with Gasteiger partial charge in [0.2, 0.25) is 0 Å². The number of carbonyl (C=O) groups is 1. The van der Waals surface area contributed by atoms with Crippen LogP contribution in [-0.2, 0) is 12.7 Å². The third kappa shape index (κ3) is 3.06. The minimum atomic E-state index is -4.45. The van der Waals surface area contributed by atoms with Crippen LogP contribution in [0.4, 0.5) is 13.2 Å². The van der Waals surface area contributed by atoms with Gasteiger partial charge < -0.3 is 5.73 Å². The van der Waals surface area contributed by atoms with Crippen LogP contribution in [-0.4, -0.2) is 25.9 Å². The molecule has 2 N–H and O–H groups in total. The van der Waals surface area contributed by atoms with Crippen molar-refractivity contribution < 1.29 is 18.0 Å². The van der Waals surface area contributed by atoms with Gasteiger partial charge in [-0.05, 0) is 11.6 Å². The monoisotopic (exact) mass is 271 g/mol. The van der Waals surface area contributed by atoms with Crippen molar-refractivity contribution in [1.82, 2.24) is 20.0 Å². The van der Waals surface area contributed by atoms with Crippen molar-refractivity contribution >= 4 is 5.91 Å². The van der Waals surface area contributed by atoms with Crippen molar-refractivity contribution in [3.63, 3.8) is 0 Å². The van der Waals surface area contributed by atoms with Crippen LogP contribution in [0, 0.1) is 0 Å². The van der Waals surface area contributed by atoms with Crippen LogP contribution in [0.15, 0.2) is 24.7 Å². The van der Waals surface area contributed by atoms with E-state index in [1.165, 1.54) is 17.1 Å². The molecule has 0 bridgehead atoms. The van der Waals surface area contributed by atoms with Crippen molar-refractivity contribution in [2.24, 2.45) is 5.73 Å². The van der Waals surface area contributed by atoms with Gasteiger partial charge in [0.15, 0.2) is 5.69 Å². The molecule has 0 aliphatic rings. The van der Waals surface area contributed by atoms with E-state index in [1.807, 2.05) is 0 Å². The largest absolute Gasteiger partial charge is 0.417 e. The number of hydrogen-bond acceptors (Lipinski definition) is 4. The Hall–Kier alpha value is -2.45. The first-order valence-electron chi connectivity index (χ1n) is 5.07. The summed E-state index contributed by atoms with van der Waals surface area (Å²) in [6.07, 6.45) is -1.19. The Bertz CT molecular complexity index is 607. The average molecular weight is 271 g/mol. The highest BCUT2D eigenvalue weighted by atomic mass is 19.4. The average Bonchev–Trinajstić information content (AvgIpc) is 2.77. The van der Waals surface area contributed by atoms with Crippen LogP contribution in [0.1, 0.15) is 21.6 Å². The summed E-state index contributed by atoms with van der Waals surface area (Å²) in [4.78, 5) is 14.3. The number of pyridine rings is 1. The van der Waals surface area contributed by atoms with Gasteiger partial charge in [-0.3, -0.25) is 9.78 Å². The van der Waals surface area contributed by atoms with Crippen molar-refractivity contribution in [3.05, 3.63) is 41.5 Å². The van der Waals surface area contributed by atoms with E-state index in [0.717, 1.165) is 12.3 Å². The van der Waals surface area contributed by atoms with E-state index in [1.54, 1.807) is 0 Å². The topological polar surface area (TPSA) is 86.7 Å². The molecule has 0 aromatic carbocycles. The Morgan fingerprint density at radius 3 is 2.68 bits per heavy atom. The van der Waals surface area contributed by atoms with Gasteiger partial charge in [-0.2, -0.15) is 13.2 Å². The fourth-order valence-corrected chi connectivity index (χ4v) is 1.40. The highest BCUT2D eigenvalue weighted by Gasteiger charge is 2.31. The molecule has 0 spiro atoms. The van der Waals surface area contributed by atoms with Gasteiger partial charge in [0, 0.05) is 12.4 Å². The summed E-state index contributed by atoms with van der Waals surface area (Å²) in [5, 5.41) is 7.06. The maximum atomic E-state index is 12.5. The number of carbonyl (C=O) groups excluding carboxylic acids is 1. The Kier molecular flexibility index (Phi) is 3.19. The standard InChI is InChI=1S/C10H8F3N5O/c11-10(12,13)7-1-6(2-15-3-7)4-18-5-8(9(14)19)16-17-18/h1-3,5H,4H2,(H2,14,19). The van der Waals surface area contributed by atoms with E-state index in [2.05, 4.69) is 15.3 Å². The molecule has 2 heterocycles. The number of aromatic nitrogens is 4. The Morgan fingerprint density at radius 1 is 1.37 bits per heavy atom. The number of primary amides is 1. The fraction of sp³-hybridized carbons (Fsp3) is 0.200. The first kappa shape index (κ1) is 13.0. The van der Waals surface area contributed by atoms with Crippen molar-refractivity contribution in [1.29, 1.82) is 0 Å². The molecule has 1 amide bonds. The molecule has 0 saturated heterocycles. The molecule has 0 atom stereocenters. The van der Waals surface area contributed by atoms with Gasteiger partial charge in [-0.15, -0.1) is 5.10 Å². The maximum absolute atomic E-state index is 12.5. The molecular weight excluding hydrogens is 263 g/mol. The second-order valence-corrected chi connectivity index (χ2v) is 3.75. The van der Waals surface area contributed by atoms with Gasteiger partial charge in [0.05, 0.1) is 18.3 Å². The summed E-state index contributed by atoms with van der Waals surface area (Å²) in [5.74, 6) is -0.756. The molecule has 100 valence electrons. The van der Waals surface area contributed by atoms with E-state index >= 15 is 0 Å². The Morgan fingerprint density at radius 2 is 2.11 bits per heavy atom. The Balaban J connectivity index is 2.21. The van der Waals surface area contributed by atoms with Crippen molar-refractivity contribution in [2.45, 2.75) is 12.7 Å². The molecule has 2 aromatic rings. The predicted molar refractivity (Wildman–Crippen MR) is 56.9 cm³/mol. The fourth-order valence-electron chi connectivity index (χ4n) is 1.40. The van der Waals surface area contributed by atoms with E-state index in [0.29, 0.717) is 0 Å². The van der Waals surface area contributed by atoms with Gasteiger partial charge in [0.25, 0.3) is 5.91 Å². The zero-order valence-electron chi connectivity index (χ0n) is 9.42. The number of amides is 1. The van der Waals surface area contributed by atoms with Crippen LogP contribution < -0.4 is 5.73 Å². The molecule has 6 nitrogen and oxygen atoms in total. The Labute approximate surface area is 105 Å². The number of nitrogens with zero attached hydrogens (tertiary/aromatic N) is 4. The second-order valence-electron chi connectivity index (χ2n) is 3.75. The molecule has 0 aliphatic heterocycles. The lowest BCUT2D eigenvalue weighted by Gasteiger charge is -2.07. The molecule has 0 radical (unpaired) electrons. The maximum Gasteiger partial charge on any atom is 0.417 e. The highest BCUT2D eigenvalue weighted by Crippen LogP contribution is 2.28. The number of alkyl halides is 3. The minimum Gasteiger partial charge on any atom is -0.364 e. The number of rotatable bonds is 3. The first-order chi connectivity index (χ1) is 8.86. The van der Waals surface area contributed by atoms with Gasteiger partial charge in [-0.25, -0.2) is 4.68 Å². The molecule has 9 heteroatoms. The van der Waals surface area contributed by atoms with Crippen molar-refractivity contribution in [2.75, 3.05) is 0 Å². The zero-order valence-corrected chi connectivity index (χ0v) is 9.42. The molecule has 2 aromatic heterocycles. The van der Waals surface area contributed by atoms with Crippen LogP contribution in [0.2, 0.25) is 0 Å². The van der Waals surface area contributed by atoms with E-state index in [4.69, 9.17) is 5.73 Å². The lowest BCUT2D eigenvalue weighted by Crippen LogP contribution is -2.11. The molecule has 0 fully saturated rings. The van der Waals surface area contributed by atoms with Gasteiger partial charge in [0.1, 0.15) is 0 Å². The predicted octanol–water partition coefficient (Wildman–Crippen LogP) is 0.839. The van der Waals surface area contributed by atoms with E-state index in [-0.39, 0.29) is 17.8 Å². The third-order valence-electron chi connectivity index (χ3n) is 2.26. The molecular formula is C10H8F3N5O. The van der Waals surface area contributed by atoms with Crippen LogP contribution >= 0.6 is 0 Å². The summed E-state index contributed by atoms with van der Waals surface area (Å²) >= 11 is 0. The van der Waals surface area contributed by atoms with Crippen LogP contribution in [0.3, 0.4) is 0 Å². The zero-order chi connectivity index (χ0) is 14.0. The van der Waals surface area contributed by atoms with Crippen LogP contribution in [0.25, 0.3) is 0 Å². The SMILES string of the molecule is NC(=O)c1cn(Cc2cncc(C(F)(F)F)c2)nn1. The van der Waals surface area contributed by atoms with E-state index in [9.17, 15) is 18.0 Å². The molecule has 2 rings (SSSR count). The lowest BCUT2D eigenvalue weighted by molar-refractivity contribution is -0.137. The second kappa shape index (κ2) is 4.67. The van der Waals surface area contributed by atoms with Crippen molar-refractivity contribution in [3.8, 4) is 0 Å². The number of hydrogen-bond donors (Lipinski definition) is 1. The molecule has 0 unspecified atom stereocenters. The summed E-state index contributed by atoms with van der Waals surface area (Å²) < 4.78 is 38.6. The van der Waals surface area contributed by atoms with Crippen LogP contribution in [0.5, 0.6) is 0 Å². The third-order valence-corrected chi connectivity index (χ3v) is 2.26. The first-order valence-corrected chi connectivity index (χ1v) is 5.07. The number of halogens is 3. The quantitative estimate of drug-likeness (QED) is 0.896. The summed E-state index contributed by atoms with van der Waals surface area (Å²) in [7, 11) is 0. The van der Waals surface area contributed by atoms with Gasteiger partial charge >= 0.3 is 6.18 Å². The molecule has 0 saturated carbocycles. The lowest BCUT2D eigenvalue weighted by atomic mass is 10.2. The highest BCUT2D eigenvalue weighted by molar-refractivity contribution is 5.90. The summed E-state index contributed by atoms with van der Waals surface area (Å²) in [6.45, 7) is 0.0111. The smallest absolute Gasteiger partial charge is 0.364 e. The number of nitrogens with two attached hydrogens (primary N) is 1. The molecule has 0 aliphatic carbocycles. The summed E-state index contributed by atoms with van der Waals surface area (Å²) in [6, 6.07) is 0.957. The normalized spacial score (nSPS) is 11.5. The van der Waals surface area contributed by atoms with E-state index < -0.39 is 17.6 Å². The summed E-state index contributed by atoms with van der Waals surface area (Å²) in [5.41, 5.74) is 4.37. The van der Waals surface area contributed by atoms with Gasteiger partial charge in [-0.1, -0.05) is 5.21 Å². The minimum absolute atomic E-state index is 0.0111.